The second-order valence-corrected chi connectivity index (χ2v) is 4.91. The van der Waals surface area contributed by atoms with Gasteiger partial charge in [-0.15, -0.1) is 0 Å². The Bertz CT molecular complexity index is 525. The fourth-order valence-electron chi connectivity index (χ4n) is 2.11. The minimum absolute atomic E-state index is 0.237. The Kier molecular flexibility index (Phi) is 5.28. The molecule has 0 bridgehead atoms. The van der Waals surface area contributed by atoms with Gasteiger partial charge >= 0.3 is 0 Å². The highest BCUT2D eigenvalue weighted by Gasteiger charge is 2.44. The monoisotopic (exact) mass is 310 g/mol. The zero-order valence-electron chi connectivity index (χ0n) is 11.7. The van der Waals surface area contributed by atoms with Crippen LogP contribution < -0.4 is 4.74 Å². The highest BCUT2D eigenvalue weighted by Crippen LogP contribution is 2.24. The first-order valence-corrected chi connectivity index (χ1v) is 6.72. The van der Waals surface area contributed by atoms with E-state index in [1.807, 2.05) is 0 Å². The van der Waals surface area contributed by atoms with Crippen LogP contribution in [0.2, 0.25) is 0 Å². The molecular formula is C15H18O7. The number of allylic oxidation sites excluding steroid dienone is 1. The number of carbonyl (C=O) groups is 1. The first-order chi connectivity index (χ1) is 10.5. The van der Waals surface area contributed by atoms with Crippen molar-refractivity contribution in [3.05, 3.63) is 42.5 Å². The van der Waals surface area contributed by atoms with E-state index in [0.717, 1.165) is 0 Å². The van der Waals surface area contributed by atoms with Gasteiger partial charge in [0.15, 0.2) is 5.78 Å². The van der Waals surface area contributed by atoms with E-state index in [0.29, 0.717) is 11.3 Å². The molecule has 0 radical (unpaired) electrons. The lowest BCUT2D eigenvalue weighted by Crippen LogP contribution is -2.60. The van der Waals surface area contributed by atoms with Crippen LogP contribution in [0.5, 0.6) is 5.75 Å². The second-order valence-electron chi connectivity index (χ2n) is 4.91. The molecule has 5 unspecified atom stereocenters. The van der Waals surface area contributed by atoms with Gasteiger partial charge in [0.1, 0.15) is 30.2 Å². The molecule has 0 amide bonds. The largest absolute Gasteiger partial charge is 0.462 e. The summed E-state index contributed by atoms with van der Waals surface area (Å²) in [5.41, 5.74) is 0.427. The fraction of sp³-hybridized carbons (Fsp3) is 0.400. The number of aliphatic hydroxyl groups excluding tert-OH is 4. The van der Waals surface area contributed by atoms with E-state index in [1.165, 1.54) is 30.3 Å². The standard InChI is InChI=1S/C15H18O7/c1-2-10(17)8-3-5-9(6-4-8)21-15-14(20)13(19)12(18)11(7-16)22-15/h2-6,11-16,18-20H,1,7H2. The third kappa shape index (κ3) is 3.34. The number of hydrogen-bond acceptors (Lipinski definition) is 7. The lowest BCUT2D eigenvalue weighted by molar-refractivity contribution is -0.277. The van der Waals surface area contributed by atoms with Gasteiger partial charge in [-0.3, -0.25) is 4.79 Å². The molecule has 4 N–H and O–H groups in total. The Morgan fingerprint density at radius 2 is 1.82 bits per heavy atom. The van der Waals surface area contributed by atoms with Crippen LogP contribution in [-0.4, -0.2) is 63.5 Å². The van der Waals surface area contributed by atoms with E-state index >= 15 is 0 Å². The third-order valence-corrected chi connectivity index (χ3v) is 3.42. The number of hydrogen-bond donors (Lipinski definition) is 4. The van der Waals surface area contributed by atoms with Crippen molar-refractivity contribution >= 4 is 5.78 Å². The summed E-state index contributed by atoms with van der Waals surface area (Å²) in [7, 11) is 0. The van der Waals surface area contributed by atoms with Crippen LogP contribution in [0.15, 0.2) is 36.9 Å². The molecule has 0 aliphatic carbocycles. The van der Waals surface area contributed by atoms with Crippen molar-refractivity contribution in [2.45, 2.75) is 30.7 Å². The Morgan fingerprint density at radius 1 is 1.18 bits per heavy atom. The average molecular weight is 310 g/mol. The number of ether oxygens (including phenoxy) is 2. The van der Waals surface area contributed by atoms with E-state index < -0.39 is 37.3 Å². The Hall–Kier alpha value is -1.77. The Morgan fingerprint density at radius 3 is 2.36 bits per heavy atom. The quantitative estimate of drug-likeness (QED) is 0.417. The van der Waals surface area contributed by atoms with Crippen molar-refractivity contribution in [1.29, 1.82) is 0 Å². The molecule has 7 nitrogen and oxygen atoms in total. The van der Waals surface area contributed by atoms with Crippen molar-refractivity contribution in [3.8, 4) is 5.75 Å². The molecule has 1 fully saturated rings. The minimum Gasteiger partial charge on any atom is -0.462 e. The minimum atomic E-state index is -1.50. The van der Waals surface area contributed by atoms with E-state index in [9.17, 15) is 20.1 Å². The molecule has 2 rings (SSSR count). The topological polar surface area (TPSA) is 116 Å². The molecule has 0 spiro atoms. The van der Waals surface area contributed by atoms with Crippen LogP contribution in [0.25, 0.3) is 0 Å². The summed E-state index contributed by atoms with van der Waals surface area (Å²) in [5.74, 6) is 0.0596. The predicted octanol–water partition coefficient (Wildman–Crippen LogP) is -0.766. The molecule has 22 heavy (non-hydrogen) atoms. The molecule has 1 heterocycles. The van der Waals surface area contributed by atoms with Crippen molar-refractivity contribution < 1.29 is 34.7 Å². The maximum Gasteiger partial charge on any atom is 0.229 e. The van der Waals surface area contributed by atoms with Crippen LogP contribution in [0.1, 0.15) is 10.4 Å². The van der Waals surface area contributed by atoms with E-state index in [1.54, 1.807) is 0 Å². The van der Waals surface area contributed by atoms with E-state index in [4.69, 9.17) is 14.6 Å². The van der Waals surface area contributed by atoms with Crippen molar-refractivity contribution in [2.75, 3.05) is 6.61 Å². The van der Waals surface area contributed by atoms with Gasteiger partial charge in [-0.25, -0.2) is 0 Å². The summed E-state index contributed by atoms with van der Waals surface area (Å²) in [6, 6.07) is 6.03. The highest BCUT2D eigenvalue weighted by atomic mass is 16.7. The third-order valence-electron chi connectivity index (χ3n) is 3.42. The predicted molar refractivity (Wildman–Crippen MR) is 75.4 cm³/mol. The van der Waals surface area contributed by atoms with E-state index in [-0.39, 0.29) is 5.78 Å². The number of rotatable bonds is 5. The lowest BCUT2D eigenvalue weighted by Gasteiger charge is -2.39. The summed E-state index contributed by atoms with van der Waals surface area (Å²) >= 11 is 0. The van der Waals surface area contributed by atoms with Crippen molar-refractivity contribution in [3.63, 3.8) is 0 Å². The lowest BCUT2D eigenvalue weighted by atomic mass is 9.99. The molecule has 1 aliphatic heterocycles. The van der Waals surface area contributed by atoms with Gasteiger partial charge in [-0.2, -0.15) is 0 Å². The van der Waals surface area contributed by atoms with Gasteiger partial charge in [0.25, 0.3) is 0 Å². The second kappa shape index (κ2) is 6.99. The van der Waals surface area contributed by atoms with Gasteiger partial charge in [0, 0.05) is 5.56 Å². The normalized spacial score (nSPS) is 31.5. The zero-order chi connectivity index (χ0) is 16.3. The van der Waals surface area contributed by atoms with Crippen LogP contribution in [0.3, 0.4) is 0 Å². The summed E-state index contributed by atoms with van der Waals surface area (Å²) < 4.78 is 10.6. The van der Waals surface area contributed by atoms with Crippen molar-refractivity contribution in [2.24, 2.45) is 0 Å². The van der Waals surface area contributed by atoms with Crippen molar-refractivity contribution in [1.82, 2.24) is 0 Å². The average Bonchev–Trinajstić information content (AvgIpc) is 2.55. The van der Waals surface area contributed by atoms with Gasteiger partial charge in [-0.1, -0.05) is 6.58 Å². The summed E-state index contributed by atoms with van der Waals surface area (Å²) in [6.07, 6.45) is -5.52. The Balaban J connectivity index is 2.09. The molecule has 7 heteroatoms. The molecule has 120 valence electrons. The summed E-state index contributed by atoms with van der Waals surface area (Å²) in [5, 5.41) is 38.3. The number of ketones is 1. The highest BCUT2D eigenvalue weighted by molar-refractivity contribution is 6.04. The first-order valence-electron chi connectivity index (χ1n) is 6.72. The molecule has 1 aromatic carbocycles. The molecule has 1 aliphatic rings. The summed E-state index contributed by atoms with van der Waals surface area (Å²) in [4.78, 5) is 11.4. The summed E-state index contributed by atoms with van der Waals surface area (Å²) in [6.45, 7) is 2.86. The first kappa shape index (κ1) is 16.6. The maximum absolute atomic E-state index is 11.4. The van der Waals surface area contributed by atoms with Crippen LogP contribution >= 0.6 is 0 Å². The molecule has 1 saturated heterocycles. The van der Waals surface area contributed by atoms with E-state index in [2.05, 4.69) is 6.58 Å². The molecule has 0 saturated carbocycles. The molecule has 1 aromatic rings. The van der Waals surface area contributed by atoms with Gasteiger partial charge in [0.05, 0.1) is 6.61 Å². The fourth-order valence-corrected chi connectivity index (χ4v) is 2.11. The smallest absolute Gasteiger partial charge is 0.229 e. The Labute approximate surface area is 127 Å². The van der Waals surface area contributed by atoms with Crippen LogP contribution in [-0.2, 0) is 4.74 Å². The van der Waals surface area contributed by atoms with Crippen LogP contribution in [0.4, 0.5) is 0 Å². The molecule has 0 aromatic heterocycles. The van der Waals surface area contributed by atoms with Crippen LogP contribution in [0, 0.1) is 0 Å². The number of aliphatic hydroxyl groups is 4. The SMILES string of the molecule is C=CC(=O)c1ccc(OC2OC(CO)C(O)C(O)C2O)cc1. The molecule has 5 atom stereocenters. The zero-order valence-corrected chi connectivity index (χ0v) is 11.7. The van der Waals surface area contributed by atoms with Gasteiger partial charge in [0.2, 0.25) is 6.29 Å². The van der Waals surface area contributed by atoms with Gasteiger partial charge < -0.3 is 29.9 Å². The number of carbonyl (C=O) groups excluding carboxylic acids is 1. The maximum atomic E-state index is 11.4. The van der Waals surface area contributed by atoms with Gasteiger partial charge in [-0.05, 0) is 30.3 Å². The number of benzene rings is 1. The molecular weight excluding hydrogens is 292 g/mol.